The average molecular weight is 482 g/mol. The van der Waals surface area contributed by atoms with Crippen molar-refractivity contribution in [2.24, 2.45) is 5.41 Å². The van der Waals surface area contributed by atoms with Crippen LogP contribution in [0.25, 0.3) is 10.8 Å². The van der Waals surface area contributed by atoms with Crippen molar-refractivity contribution in [3.05, 3.63) is 36.3 Å². The number of aliphatic hydroxyl groups is 2. The number of hydrogen-bond donors (Lipinski definition) is 3. The van der Waals surface area contributed by atoms with E-state index in [0.29, 0.717) is 24.1 Å². The van der Waals surface area contributed by atoms with E-state index in [-0.39, 0.29) is 19.1 Å². The van der Waals surface area contributed by atoms with E-state index in [1.165, 1.54) is 0 Å². The van der Waals surface area contributed by atoms with Gasteiger partial charge in [0.15, 0.2) is 0 Å². The van der Waals surface area contributed by atoms with Gasteiger partial charge in [-0.2, -0.15) is 4.98 Å². The van der Waals surface area contributed by atoms with E-state index in [1.54, 1.807) is 17.2 Å². The molecule has 2 aliphatic rings. The van der Waals surface area contributed by atoms with Crippen LogP contribution in [-0.4, -0.2) is 75.2 Å². The Labute approximate surface area is 204 Å². The number of nitrogens with zero attached hydrogens (tertiary/aromatic N) is 6. The number of aliphatic hydroxyl groups excluding tert-OH is 2. The van der Waals surface area contributed by atoms with Gasteiger partial charge in [-0.15, -0.1) is 0 Å². The molecule has 5 rings (SSSR count). The van der Waals surface area contributed by atoms with Crippen LogP contribution in [0.1, 0.15) is 38.7 Å². The van der Waals surface area contributed by atoms with Gasteiger partial charge in [-0.25, -0.2) is 19.3 Å². The topological polar surface area (TPSA) is 111 Å². The van der Waals surface area contributed by atoms with Gasteiger partial charge in [0.2, 0.25) is 5.95 Å². The van der Waals surface area contributed by atoms with Crippen LogP contribution >= 0.6 is 0 Å². The summed E-state index contributed by atoms with van der Waals surface area (Å²) in [5, 5.41) is 25.1. The quantitative estimate of drug-likeness (QED) is 0.489. The number of fused-ring (bicyclic) bond motifs is 1. The molecule has 3 unspecified atom stereocenters. The number of hydrogen-bond acceptors (Lipinski definition) is 9. The third-order valence-electron chi connectivity index (χ3n) is 7.06. The zero-order valence-corrected chi connectivity index (χ0v) is 20.3. The summed E-state index contributed by atoms with van der Waals surface area (Å²) in [5.74, 6) is 2.39. The van der Waals surface area contributed by atoms with Crippen molar-refractivity contribution in [2.45, 2.75) is 45.4 Å². The Balaban J connectivity index is 1.45. The van der Waals surface area contributed by atoms with Gasteiger partial charge in [0.05, 0.1) is 12.6 Å². The molecule has 0 bridgehead atoms. The molecular weight excluding hydrogens is 449 g/mol. The molecule has 0 spiro atoms. The first kappa shape index (κ1) is 23.6. The number of anilines is 4. The molecule has 186 valence electrons. The lowest BCUT2D eigenvalue weighted by atomic mass is 9.80. The third-order valence-corrected chi connectivity index (χ3v) is 7.06. The fraction of sp³-hybridized carbons (Fsp3) is 0.520. The van der Waals surface area contributed by atoms with E-state index in [2.05, 4.69) is 30.2 Å². The summed E-state index contributed by atoms with van der Waals surface area (Å²) in [4.78, 5) is 22.2. The minimum absolute atomic E-state index is 0.0244. The summed E-state index contributed by atoms with van der Waals surface area (Å²) < 4.78 is 14.5. The van der Waals surface area contributed by atoms with Crippen LogP contribution in [0.3, 0.4) is 0 Å². The molecule has 3 N–H and O–H groups in total. The van der Waals surface area contributed by atoms with Crippen LogP contribution < -0.4 is 15.1 Å². The highest BCUT2D eigenvalue weighted by Crippen LogP contribution is 2.35. The second kappa shape index (κ2) is 9.16. The van der Waals surface area contributed by atoms with Gasteiger partial charge in [0.1, 0.15) is 23.6 Å². The molecule has 3 atom stereocenters. The predicted molar refractivity (Wildman–Crippen MR) is 134 cm³/mol. The molecule has 0 saturated carbocycles. The SMILES string of the molecule is CC(CO)c1cnc(N2CCC2)c2cnc(Nc3ccnc(N4CC(F)C(O)C(C)(C)C4)n3)cc12. The summed E-state index contributed by atoms with van der Waals surface area (Å²) in [5.41, 5.74) is 0.343. The number of piperidine rings is 1. The Morgan fingerprint density at radius 3 is 2.63 bits per heavy atom. The van der Waals surface area contributed by atoms with Gasteiger partial charge in [-0.1, -0.05) is 20.8 Å². The zero-order valence-electron chi connectivity index (χ0n) is 20.3. The molecule has 9 nitrogen and oxygen atoms in total. The minimum Gasteiger partial charge on any atom is -0.396 e. The first-order valence-electron chi connectivity index (χ1n) is 12.1. The summed E-state index contributed by atoms with van der Waals surface area (Å²) in [6.45, 7) is 8.11. The van der Waals surface area contributed by atoms with Gasteiger partial charge in [0, 0.05) is 61.6 Å². The Morgan fingerprint density at radius 2 is 1.94 bits per heavy atom. The van der Waals surface area contributed by atoms with Crippen LogP contribution in [0.4, 0.5) is 27.8 Å². The lowest BCUT2D eigenvalue weighted by Gasteiger charge is -2.43. The highest BCUT2D eigenvalue weighted by Gasteiger charge is 2.42. The van der Waals surface area contributed by atoms with Crippen molar-refractivity contribution in [1.29, 1.82) is 0 Å². The molecule has 3 aromatic rings. The molecule has 0 radical (unpaired) electrons. The second-order valence-electron chi connectivity index (χ2n) is 10.3. The standard InChI is InChI=1S/C25H32FN7O2/c1-15(13-34)17-10-29-23(32-7-4-8-32)18-11-28-21(9-16(17)18)30-20-5-6-27-24(31-20)33-12-19(26)22(35)25(2,3)14-33/h5-6,9-11,15,19,22,34-35H,4,7-8,12-14H2,1-3H3,(H,27,28,30,31). The molecule has 35 heavy (non-hydrogen) atoms. The van der Waals surface area contributed by atoms with E-state index in [1.807, 2.05) is 39.2 Å². The number of nitrogens with one attached hydrogen (secondary N) is 1. The zero-order chi connectivity index (χ0) is 24.7. The second-order valence-corrected chi connectivity index (χ2v) is 10.3. The average Bonchev–Trinajstić information content (AvgIpc) is 2.81. The fourth-order valence-corrected chi connectivity index (χ4v) is 4.79. The lowest BCUT2D eigenvalue weighted by Crippen LogP contribution is -2.55. The molecule has 3 aromatic heterocycles. The number of pyridine rings is 2. The van der Waals surface area contributed by atoms with E-state index in [4.69, 9.17) is 0 Å². The summed E-state index contributed by atoms with van der Waals surface area (Å²) >= 11 is 0. The largest absolute Gasteiger partial charge is 0.396 e. The van der Waals surface area contributed by atoms with Crippen molar-refractivity contribution in [3.8, 4) is 0 Å². The molecule has 2 aliphatic heterocycles. The van der Waals surface area contributed by atoms with E-state index in [9.17, 15) is 14.6 Å². The summed E-state index contributed by atoms with van der Waals surface area (Å²) in [7, 11) is 0. The van der Waals surface area contributed by atoms with Crippen molar-refractivity contribution in [2.75, 3.05) is 47.9 Å². The Morgan fingerprint density at radius 1 is 1.14 bits per heavy atom. The Hall–Kier alpha value is -3.11. The Bertz CT molecular complexity index is 1220. The number of alkyl halides is 1. The van der Waals surface area contributed by atoms with Gasteiger partial charge in [0.25, 0.3) is 0 Å². The number of halogens is 1. The summed E-state index contributed by atoms with van der Waals surface area (Å²) in [6.07, 6.45) is 4.05. The maximum absolute atomic E-state index is 14.5. The fourth-order valence-electron chi connectivity index (χ4n) is 4.79. The molecule has 2 fully saturated rings. The van der Waals surface area contributed by atoms with Gasteiger partial charge >= 0.3 is 0 Å². The highest BCUT2D eigenvalue weighted by molar-refractivity contribution is 5.96. The first-order chi connectivity index (χ1) is 16.8. The minimum atomic E-state index is -1.37. The van der Waals surface area contributed by atoms with Crippen LogP contribution in [-0.2, 0) is 0 Å². The Kier molecular flexibility index (Phi) is 6.18. The summed E-state index contributed by atoms with van der Waals surface area (Å²) in [6, 6.07) is 3.70. The maximum Gasteiger partial charge on any atom is 0.227 e. The van der Waals surface area contributed by atoms with Crippen molar-refractivity contribution < 1.29 is 14.6 Å². The monoisotopic (exact) mass is 481 g/mol. The molecule has 10 heteroatoms. The first-order valence-corrected chi connectivity index (χ1v) is 12.1. The van der Waals surface area contributed by atoms with E-state index < -0.39 is 17.7 Å². The van der Waals surface area contributed by atoms with Gasteiger partial charge in [-0.3, -0.25) is 0 Å². The maximum atomic E-state index is 14.5. The normalized spacial score (nSPS) is 22.7. The molecule has 0 aromatic carbocycles. The molecule has 0 aliphatic carbocycles. The van der Waals surface area contributed by atoms with Crippen LogP contribution in [0.2, 0.25) is 0 Å². The lowest BCUT2D eigenvalue weighted by molar-refractivity contribution is -0.0257. The van der Waals surface area contributed by atoms with E-state index in [0.717, 1.165) is 41.7 Å². The van der Waals surface area contributed by atoms with Crippen molar-refractivity contribution >= 4 is 34.2 Å². The number of rotatable bonds is 6. The smallest absolute Gasteiger partial charge is 0.227 e. The highest BCUT2D eigenvalue weighted by atomic mass is 19.1. The van der Waals surface area contributed by atoms with Gasteiger partial charge in [-0.05, 0) is 29.5 Å². The number of aromatic nitrogens is 4. The third kappa shape index (κ3) is 4.48. The molecular formula is C25H32FN7O2. The van der Waals surface area contributed by atoms with E-state index >= 15 is 0 Å². The van der Waals surface area contributed by atoms with Crippen LogP contribution in [0.5, 0.6) is 0 Å². The molecule has 2 saturated heterocycles. The van der Waals surface area contributed by atoms with Crippen LogP contribution in [0.15, 0.2) is 30.7 Å². The molecule has 0 amide bonds. The van der Waals surface area contributed by atoms with Crippen molar-refractivity contribution in [3.63, 3.8) is 0 Å². The van der Waals surface area contributed by atoms with Crippen molar-refractivity contribution in [1.82, 2.24) is 19.9 Å². The molecule has 5 heterocycles. The van der Waals surface area contributed by atoms with Crippen LogP contribution in [0, 0.1) is 5.41 Å². The predicted octanol–water partition coefficient (Wildman–Crippen LogP) is 3.01. The van der Waals surface area contributed by atoms with Gasteiger partial charge < -0.3 is 25.3 Å².